The third-order valence-electron chi connectivity index (χ3n) is 11.7. The Bertz CT molecular complexity index is 688. The van der Waals surface area contributed by atoms with E-state index in [9.17, 15) is 0 Å². The van der Waals surface area contributed by atoms with Gasteiger partial charge in [-0.1, -0.05) is 70.1 Å². The van der Waals surface area contributed by atoms with E-state index in [-0.39, 0.29) is 0 Å². The quantitative estimate of drug-likeness (QED) is 0.335. The zero-order chi connectivity index (χ0) is 23.5. The van der Waals surface area contributed by atoms with E-state index in [4.69, 9.17) is 0 Å². The molecule has 5 rings (SSSR count). The summed E-state index contributed by atoms with van der Waals surface area (Å²) in [5, 5.41) is 0. The van der Waals surface area contributed by atoms with Crippen molar-refractivity contribution >= 4 is 0 Å². The van der Waals surface area contributed by atoms with Gasteiger partial charge in [-0.15, -0.1) is 0 Å². The van der Waals surface area contributed by atoms with Gasteiger partial charge in [0.25, 0.3) is 0 Å². The van der Waals surface area contributed by atoms with Crippen molar-refractivity contribution in [2.45, 2.75) is 136 Å². The zero-order valence-corrected chi connectivity index (χ0v) is 23.1. The minimum absolute atomic E-state index is 0.848. The Morgan fingerprint density at radius 2 is 1.26 bits per heavy atom. The third kappa shape index (κ3) is 5.89. The number of hydrogen-bond acceptors (Lipinski definition) is 0. The maximum Gasteiger partial charge on any atom is -0.0162 e. The smallest absolute Gasteiger partial charge is 0.0162 e. The van der Waals surface area contributed by atoms with Crippen molar-refractivity contribution in [1.29, 1.82) is 0 Å². The molecule has 0 N–H and O–H groups in total. The lowest BCUT2D eigenvalue weighted by molar-refractivity contribution is 0.144. The highest BCUT2D eigenvalue weighted by Gasteiger charge is 2.43. The van der Waals surface area contributed by atoms with Gasteiger partial charge < -0.3 is 0 Å². The van der Waals surface area contributed by atoms with Gasteiger partial charge in [-0.3, -0.25) is 0 Å². The van der Waals surface area contributed by atoms with E-state index < -0.39 is 0 Å². The summed E-state index contributed by atoms with van der Waals surface area (Å²) in [4.78, 5) is 0. The molecule has 0 aromatic heterocycles. The average molecular weight is 465 g/mol. The van der Waals surface area contributed by atoms with Crippen molar-refractivity contribution < 1.29 is 0 Å². The Hall–Kier alpha value is -0.520. The van der Waals surface area contributed by atoms with Gasteiger partial charge in [0.15, 0.2) is 0 Å². The van der Waals surface area contributed by atoms with Crippen LogP contribution in [0.1, 0.15) is 136 Å². The molecule has 5 aliphatic rings. The molecule has 192 valence electrons. The van der Waals surface area contributed by atoms with Gasteiger partial charge in [0, 0.05) is 0 Å². The fourth-order valence-electron chi connectivity index (χ4n) is 9.54. The van der Waals surface area contributed by atoms with E-state index in [1.807, 2.05) is 0 Å². The highest BCUT2D eigenvalue weighted by Crippen LogP contribution is 2.54. The molecule has 0 heteroatoms. The molecule has 0 bridgehead atoms. The van der Waals surface area contributed by atoms with Crippen LogP contribution in [0.25, 0.3) is 0 Å². The molecular formula is C34H56. The Morgan fingerprint density at radius 1 is 0.676 bits per heavy atom. The van der Waals surface area contributed by atoms with Crippen molar-refractivity contribution in [1.82, 2.24) is 0 Å². The lowest BCUT2D eigenvalue weighted by atomic mass is 9.66. The number of hydrogen-bond donors (Lipinski definition) is 0. The van der Waals surface area contributed by atoms with Crippen LogP contribution in [0.15, 0.2) is 23.3 Å². The fourth-order valence-corrected chi connectivity index (χ4v) is 9.54. The molecule has 4 saturated carbocycles. The first-order valence-corrected chi connectivity index (χ1v) is 16.0. The van der Waals surface area contributed by atoms with Gasteiger partial charge in [-0.25, -0.2) is 0 Å². The minimum atomic E-state index is 0.848. The average Bonchev–Trinajstić information content (AvgIpc) is 3.64. The molecule has 0 amide bonds. The highest BCUT2D eigenvalue weighted by atomic mass is 14.5. The Kier molecular flexibility index (Phi) is 8.64. The topological polar surface area (TPSA) is 0 Å². The van der Waals surface area contributed by atoms with Gasteiger partial charge in [0.1, 0.15) is 0 Å². The lowest BCUT2D eigenvalue weighted by Gasteiger charge is -2.40. The van der Waals surface area contributed by atoms with Crippen LogP contribution in [0, 0.1) is 53.3 Å². The summed E-state index contributed by atoms with van der Waals surface area (Å²) in [5.41, 5.74) is 3.44. The number of allylic oxidation sites excluding steroid dienone is 4. The van der Waals surface area contributed by atoms with Crippen molar-refractivity contribution in [3.63, 3.8) is 0 Å². The van der Waals surface area contributed by atoms with Crippen LogP contribution >= 0.6 is 0 Å². The van der Waals surface area contributed by atoms with E-state index in [2.05, 4.69) is 32.9 Å². The molecule has 34 heavy (non-hydrogen) atoms. The maximum atomic E-state index is 2.73. The van der Waals surface area contributed by atoms with E-state index in [0.717, 1.165) is 53.3 Å². The summed E-state index contributed by atoms with van der Waals surface area (Å²) in [6.07, 6.45) is 32.5. The lowest BCUT2D eigenvalue weighted by Crippen LogP contribution is -2.28. The molecule has 0 saturated heterocycles. The van der Waals surface area contributed by atoms with Gasteiger partial charge in [-0.2, -0.15) is 0 Å². The Morgan fingerprint density at radius 3 is 1.88 bits per heavy atom. The van der Waals surface area contributed by atoms with E-state index in [1.54, 1.807) is 43.3 Å². The second kappa shape index (κ2) is 11.7. The fraction of sp³-hybridized carbons (Fsp3) is 0.882. The van der Waals surface area contributed by atoms with Crippen molar-refractivity contribution in [2.24, 2.45) is 53.3 Å². The van der Waals surface area contributed by atoms with Crippen molar-refractivity contribution in [3.05, 3.63) is 23.3 Å². The van der Waals surface area contributed by atoms with E-state index >= 15 is 0 Å². The van der Waals surface area contributed by atoms with Crippen LogP contribution in [0.2, 0.25) is 0 Å². The van der Waals surface area contributed by atoms with Crippen LogP contribution in [0.5, 0.6) is 0 Å². The predicted octanol–water partition coefficient (Wildman–Crippen LogP) is 10.5. The molecule has 0 aliphatic heterocycles. The van der Waals surface area contributed by atoms with Crippen LogP contribution in [0.3, 0.4) is 0 Å². The molecule has 0 radical (unpaired) electrons. The SMILES string of the molecule is CCCC1CCC(C2C=C(C)C(C3CCC(C4CCC(C5CC5CCC)CC4)CC3)=CC2)CC1. The summed E-state index contributed by atoms with van der Waals surface area (Å²) in [6, 6.07) is 0. The molecule has 0 aromatic rings. The maximum absolute atomic E-state index is 2.73. The number of rotatable bonds is 8. The molecular weight excluding hydrogens is 408 g/mol. The molecule has 5 aliphatic carbocycles. The van der Waals surface area contributed by atoms with Gasteiger partial charge in [0.2, 0.25) is 0 Å². The first-order valence-electron chi connectivity index (χ1n) is 16.0. The normalized spacial score (nSPS) is 43.2. The largest absolute Gasteiger partial charge is 0.0802 e. The van der Waals surface area contributed by atoms with Gasteiger partial charge >= 0.3 is 0 Å². The molecule has 4 fully saturated rings. The molecule has 0 aromatic carbocycles. The molecule has 3 atom stereocenters. The van der Waals surface area contributed by atoms with Crippen molar-refractivity contribution in [3.8, 4) is 0 Å². The van der Waals surface area contributed by atoms with Crippen LogP contribution in [-0.2, 0) is 0 Å². The first-order chi connectivity index (χ1) is 16.7. The summed E-state index contributed by atoms with van der Waals surface area (Å²) in [6.45, 7) is 7.19. The third-order valence-corrected chi connectivity index (χ3v) is 11.7. The summed E-state index contributed by atoms with van der Waals surface area (Å²) in [7, 11) is 0. The molecule has 3 unspecified atom stereocenters. The highest BCUT2D eigenvalue weighted by molar-refractivity contribution is 5.35. The summed E-state index contributed by atoms with van der Waals surface area (Å²) in [5.74, 6) is 9.24. The zero-order valence-electron chi connectivity index (χ0n) is 23.1. The Labute approximate surface area is 212 Å². The van der Waals surface area contributed by atoms with Crippen LogP contribution < -0.4 is 0 Å². The summed E-state index contributed by atoms with van der Waals surface area (Å²) >= 11 is 0. The van der Waals surface area contributed by atoms with Crippen LogP contribution in [-0.4, -0.2) is 0 Å². The molecule has 0 nitrogen and oxygen atoms in total. The van der Waals surface area contributed by atoms with E-state index in [1.165, 1.54) is 83.5 Å². The second-order valence-corrected chi connectivity index (χ2v) is 13.7. The molecule has 0 heterocycles. The van der Waals surface area contributed by atoms with Crippen LogP contribution in [0.4, 0.5) is 0 Å². The van der Waals surface area contributed by atoms with E-state index in [0.29, 0.717) is 0 Å². The monoisotopic (exact) mass is 464 g/mol. The summed E-state index contributed by atoms with van der Waals surface area (Å²) < 4.78 is 0. The Balaban J connectivity index is 1.04. The van der Waals surface area contributed by atoms with Gasteiger partial charge in [0.05, 0.1) is 0 Å². The second-order valence-electron chi connectivity index (χ2n) is 13.7. The van der Waals surface area contributed by atoms with Crippen molar-refractivity contribution in [2.75, 3.05) is 0 Å². The standard InChI is InChI=1S/C34H56/c1-4-6-25-8-10-28(11-9-25)31-20-21-33(24(3)22-31)29-16-12-26(13-17-29)27-14-18-30(19-15-27)34-23-32(34)7-5-2/h21-22,25-32,34H,4-20,23H2,1-3H3. The minimum Gasteiger partial charge on any atom is -0.0802 e. The first kappa shape index (κ1) is 25.1. The molecule has 0 spiro atoms. The van der Waals surface area contributed by atoms with Gasteiger partial charge in [-0.05, 0) is 143 Å². The predicted molar refractivity (Wildman–Crippen MR) is 148 cm³/mol.